The van der Waals surface area contributed by atoms with Gasteiger partial charge in [0, 0.05) is 24.8 Å². The van der Waals surface area contributed by atoms with E-state index in [1.54, 1.807) is 0 Å². The van der Waals surface area contributed by atoms with E-state index in [2.05, 4.69) is 23.7 Å². The molecule has 1 aromatic heterocycles. The maximum atomic E-state index is 9.88. The molecule has 0 spiro atoms. The zero-order valence-corrected chi connectivity index (χ0v) is 12.3. The van der Waals surface area contributed by atoms with Gasteiger partial charge in [-0.2, -0.15) is 0 Å². The number of pyridine rings is 1. The molecule has 2 rings (SSSR count). The first-order valence-corrected chi connectivity index (χ1v) is 7.47. The van der Waals surface area contributed by atoms with Crippen molar-refractivity contribution in [1.82, 2.24) is 4.98 Å². The fourth-order valence-corrected chi connectivity index (χ4v) is 3.00. The van der Waals surface area contributed by atoms with Crippen LogP contribution in [0, 0.1) is 11.8 Å². The Morgan fingerprint density at radius 1 is 1.26 bits per heavy atom. The molecule has 1 N–H and O–H groups in total. The van der Waals surface area contributed by atoms with E-state index in [-0.39, 0.29) is 0 Å². The van der Waals surface area contributed by atoms with Crippen LogP contribution in [-0.2, 0) is 0 Å². The molecule has 1 fully saturated rings. The second kappa shape index (κ2) is 6.38. The first-order chi connectivity index (χ1) is 9.09. The Morgan fingerprint density at radius 2 is 2.05 bits per heavy atom. The van der Waals surface area contributed by atoms with Gasteiger partial charge in [0.25, 0.3) is 0 Å². The number of hydrogen-bond donors (Lipinski definition) is 1. The first-order valence-electron chi connectivity index (χ1n) is 7.47. The Bertz CT molecular complexity index is 403. The number of rotatable bonds is 3. The molecule has 0 aliphatic carbocycles. The Morgan fingerprint density at radius 3 is 2.74 bits per heavy atom. The highest BCUT2D eigenvalue weighted by Crippen LogP contribution is 2.29. The minimum Gasteiger partial charge on any atom is -0.389 e. The molecule has 106 valence electrons. The van der Waals surface area contributed by atoms with Gasteiger partial charge in [0.2, 0.25) is 0 Å². The minimum absolute atomic E-state index is 0.451. The molecule has 0 saturated carbocycles. The van der Waals surface area contributed by atoms with E-state index in [9.17, 15) is 5.11 Å². The van der Waals surface area contributed by atoms with Crippen LogP contribution in [0.1, 0.15) is 51.7 Å². The summed E-state index contributed by atoms with van der Waals surface area (Å²) in [5, 5.41) is 9.88. The van der Waals surface area contributed by atoms with Crippen LogP contribution in [0.25, 0.3) is 0 Å². The van der Waals surface area contributed by atoms with E-state index in [0.29, 0.717) is 0 Å². The van der Waals surface area contributed by atoms with Crippen LogP contribution in [0.3, 0.4) is 0 Å². The van der Waals surface area contributed by atoms with Gasteiger partial charge >= 0.3 is 0 Å². The van der Waals surface area contributed by atoms with Gasteiger partial charge in [0.1, 0.15) is 5.82 Å². The molecule has 19 heavy (non-hydrogen) atoms. The van der Waals surface area contributed by atoms with Gasteiger partial charge in [0.05, 0.1) is 6.10 Å². The van der Waals surface area contributed by atoms with Crippen LogP contribution in [0.2, 0.25) is 0 Å². The molecule has 1 unspecified atom stereocenters. The summed E-state index contributed by atoms with van der Waals surface area (Å²) in [4.78, 5) is 6.85. The maximum Gasteiger partial charge on any atom is 0.134 e. The van der Waals surface area contributed by atoms with Crippen LogP contribution in [0.5, 0.6) is 0 Å². The molecule has 0 amide bonds. The van der Waals surface area contributed by atoms with Crippen LogP contribution in [-0.4, -0.2) is 23.2 Å². The molecule has 1 aliphatic rings. The predicted octanol–water partition coefficient (Wildman–Crippen LogP) is 3.40. The summed E-state index contributed by atoms with van der Waals surface area (Å²) in [5.74, 6) is 2.56. The van der Waals surface area contributed by atoms with Gasteiger partial charge in [-0.1, -0.05) is 19.9 Å². The van der Waals surface area contributed by atoms with Gasteiger partial charge in [-0.3, -0.25) is 0 Å². The van der Waals surface area contributed by atoms with Crippen molar-refractivity contribution in [3.8, 4) is 0 Å². The first kappa shape index (κ1) is 14.3. The number of aliphatic hydroxyl groups is 1. The highest BCUT2D eigenvalue weighted by molar-refractivity contribution is 5.47. The van der Waals surface area contributed by atoms with E-state index >= 15 is 0 Å². The van der Waals surface area contributed by atoms with Crippen LogP contribution in [0.15, 0.2) is 18.3 Å². The Hall–Kier alpha value is -1.09. The third-order valence-electron chi connectivity index (χ3n) is 4.28. The molecule has 3 heteroatoms. The molecule has 2 atom stereocenters. The van der Waals surface area contributed by atoms with Crippen LogP contribution >= 0.6 is 0 Å². The molecule has 0 radical (unpaired) electrons. The zero-order valence-electron chi connectivity index (χ0n) is 12.3. The third kappa shape index (κ3) is 3.47. The average molecular weight is 262 g/mol. The van der Waals surface area contributed by atoms with Gasteiger partial charge in [-0.25, -0.2) is 4.98 Å². The van der Waals surface area contributed by atoms with Crippen LogP contribution < -0.4 is 4.90 Å². The quantitative estimate of drug-likeness (QED) is 0.907. The molecule has 1 aliphatic heterocycles. The van der Waals surface area contributed by atoms with Crippen molar-refractivity contribution in [2.75, 3.05) is 18.0 Å². The maximum absolute atomic E-state index is 9.88. The SMILES string of the molecule is CC(C)C1CCCN(c2ncccc2[C@@H](C)O)CC1. The number of anilines is 1. The lowest BCUT2D eigenvalue weighted by Gasteiger charge is -2.25. The summed E-state index contributed by atoms with van der Waals surface area (Å²) in [7, 11) is 0. The zero-order chi connectivity index (χ0) is 13.8. The average Bonchev–Trinajstić information content (AvgIpc) is 2.64. The molecule has 3 nitrogen and oxygen atoms in total. The van der Waals surface area contributed by atoms with Gasteiger partial charge in [-0.15, -0.1) is 0 Å². The number of aromatic nitrogens is 1. The van der Waals surface area contributed by atoms with Crippen LogP contribution in [0.4, 0.5) is 5.82 Å². The summed E-state index contributed by atoms with van der Waals surface area (Å²) in [6.07, 6.45) is 5.14. The summed E-state index contributed by atoms with van der Waals surface area (Å²) in [6, 6.07) is 3.89. The molecular weight excluding hydrogens is 236 g/mol. The normalized spacial score (nSPS) is 22.4. The molecule has 1 aromatic rings. The standard InChI is InChI=1S/C16H26N2O/c1-12(2)14-6-5-10-18(11-8-14)16-15(13(3)19)7-4-9-17-16/h4,7,9,12-14,19H,5-6,8,10-11H2,1-3H3/t13-,14?/m1/s1. The van der Waals surface area contributed by atoms with E-state index < -0.39 is 6.10 Å². The molecule has 2 heterocycles. The van der Waals surface area contributed by atoms with E-state index in [1.807, 2.05) is 25.3 Å². The van der Waals surface area contributed by atoms with Gasteiger partial charge < -0.3 is 10.0 Å². The Labute approximate surface area is 116 Å². The molecule has 0 aromatic carbocycles. The van der Waals surface area contributed by atoms with Gasteiger partial charge in [0.15, 0.2) is 0 Å². The fraction of sp³-hybridized carbons (Fsp3) is 0.688. The van der Waals surface area contributed by atoms with Crippen molar-refractivity contribution >= 4 is 5.82 Å². The van der Waals surface area contributed by atoms with E-state index in [1.165, 1.54) is 19.3 Å². The molecule has 0 bridgehead atoms. The number of nitrogens with zero attached hydrogens (tertiary/aromatic N) is 2. The summed E-state index contributed by atoms with van der Waals surface area (Å²) in [5.41, 5.74) is 0.950. The van der Waals surface area contributed by atoms with Crippen molar-refractivity contribution in [1.29, 1.82) is 0 Å². The van der Waals surface area contributed by atoms with Crippen molar-refractivity contribution in [2.45, 2.75) is 46.1 Å². The topological polar surface area (TPSA) is 36.4 Å². The predicted molar refractivity (Wildman–Crippen MR) is 79.3 cm³/mol. The van der Waals surface area contributed by atoms with Crippen molar-refractivity contribution in [3.05, 3.63) is 23.9 Å². The summed E-state index contributed by atoms with van der Waals surface area (Å²) >= 11 is 0. The van der Waals surface area contributed by atoms with E-state index in [4.69, 9.17) is 0 Å². The lowest BCUT2D eigenvalue weighted by atomic mass is 9.89. The summed E-state index contributed by atoms with van der Waals surface area (Å²) in [6.45, 7) is 8.57. The second-order valence-electron chi connectivity index (χ2n) is 6.01. The smallest absolute Gasteiger partial charge is 0.134 e. The molecular formula is C16H26N2O. The van der Waals surface area contributed by atoms with Gasteiger partial charge in [-0.05, 0) is 44.1 Å². The minimum atomic E-state index is -0.451. The Kier molecular flexibility index (Phi) is 4.81. The second-order valence-corrected chi connectivity index (χ2v) is 6.01. The van der Waals surface area contributed by atoms with Crippen molar-refractivity contribution < 1.29 is 5.11 Å². The van der Waals surface area contributed by atoms with E-state index in [0.717, 1.165) is 36.3 Å². The van der Waals surface area contributed by atoms with Crippen molar-refractivity contribution in [3.63, 3.8) is 0 Å². The third-order valence-corrected chi connectivity index (χ3v) is 4.28. The number of hydrogen-bond acceptors (Lipinski definition) is 3. The monoisotopic (exact) mass is 262 g/mol. The lowest BCUT2D eigenvalue weighted by Crippen LogP contribution is -2.27. The number of aliphatic hydroxyl groups excluding tert-OH is 1. The summed E-state index contributed by atoms with van der Waals surface area (Å²) < 4.78 is 0. The lowest BCUT2D eigenvalue weighted by molar-refractivity contribution is 0.199. The highest BCUT2D eigenvalue weighted by Gasteiger charge is 2.22. The highest BCUT2D eigenvalue weighted by atomic mass is 16.3. The molecule has 1 saturated heterocycles. The van der Waals surface area contributed by atoms with Crippen molar-refractivity contribution in [2.24, 2.45) is 11.8 Å². The largest absolute Gasteiger partial charge is 0.389 e. The Balaban J connectivity index is 2.14. The fourth-order valence-electron chi connectivity index (χ4n) is 3.00.